The van der Waals surface area contributed by atoms with Gasteiger partial charge in [0.2, 0.25) is 10.0 Å². The van der Waals surface area contributed by atoms with Crippen molar-refractivity contribution in [1.29, 1.82) is 0 Å². The molecule has 0 aliphatic heterocycles. The number of nitrogens with zero attached hydrogens (tertiary/aromatic N) is 2. The molecule has 0 unspecified atom stereocenters. The summed E-state index contributed by atoms with van der Waals surface area (Å²) in [5.74, 6) is 0.857. The number of sulfonamides is 1. The number of hydrogen-bond acceptors (Lipinski definition) is 6. The van der Waals surface area contributed by atoms with Gasteiger partial charge in [-0.2, -0.15) is 0 Å². The molecule has 9 heteroatoms. The standard InChI is InChI=1S/C25H34N4O4S/c1-25(2,27-13-5-16-29-17-15-26-19-29)21-8-6-20(7-9-21)12-14-28-34(30,31)22-10-11-23(32-3)24(18-22)33-4/h6-11,15,17-19,27-28H,5,12-14,16H2,1-4H3. The topological polar surface area (TPSA) is 94.5 Å². The van der Waals surface area contributed by atoms with Crippen molar-refractivity contribution in [2.45, 2.75) is 43.7 Å². The zero-order chi connectivity index (χ0) is 24.6. The first-order chi connectivity index (χ1) is 16.2. The number of aryl methyl sites for hydroxylation is 1. The fourth-order valence-corrected chi connectivity index (χ4v) is 4.72. The normalized spacial score (nSPS) is 12.0. The minimum absolute atomic E-state index is 0.140. The molecular weight excluding hydrogens is 452 g/mol. The van der Waals surface area contributed by atoms with Crippen LogP contribution in [0.4, 0.5) is 0 Å². The Labute approximate surface area is 202 Å². The minimum atomic E-state index is -3.65. The van der Waals surface area contributed by atoms with Gasteiger partial charge in [-0.1, -0.05) is 24.3 Å². The molecule has 1 heterocycles. The van der Waals surface area contributed by atoms with Gasteiger partial charge in [0.05, 0.1) is 25.4 Å². The Morgan fingerprint density at radius 2 is 1.74 bits per heavy atom. The molecular formula is C25H34N4O4S. The van der Waals surface area contributed by atoms with Crippen molar-refractivity contribution in [2.24, 2.45) is 0 Å². The molecule has 184 valence electrons. The summed E-state index contributed by atoms with van der Waals surface area (Å²) < 4.78 is 40.4. The van der Waals surface area contributed by atoms with Crippen LogP contribution in [0.25, 0.3) is 0 Å². The number of rotatable bonds is 13. The average molecular weight is 487 g/mol. The fraction of sp³-hybridized carbons (Fsp3) is 0.400. The van der Waals surface area contributed by atoms with Crippen LogP contribution in [0.5, 0.6) is 11.5 Å². The molecule has 2 aromatic carbocycles. The van der Waals surface area contributed by atoms with Crippen LogP contribution in [0, 0.1) is 0 Å². The molecule has 3 rings (SSSR count). The van der Waals surface area contributed by atoms with Crippen molar-refractivity contribution in [3.63, 3.8) is 0 Å². The highest BCUT2D eigenvalue weighted by Gasteiger charge is 2.20. The summed E-state index contributed by atoms with van der Waals surface area (Å²) >= 11 is 0. The highest BCUT2D eigenvalue weighted by Crippen LogP contribution is 2.29. The summed E-state index contributed by atoms with van der Waals surface area (Å²) in [4.78, 5) is 4.20. The van der Waals surface area contributed by atoms with Crippen molar-refractivity contribution in [2.75, 3.05) is 27.3 Å². The Morgan fingerprint density at radius 3 is 2.38 bits per heavy atom. The molecule has 34 heavy (non-hydrogen) atoms. The molecule has 0 amide bonds. The maximum atomic E-state index is 12.7. The maximum Gasteiger partial charge on any atom is 0.240 e. The van der Waals surface area contributed by atoms with E-state index in [4.69, 9.17) is 9.47 Å². The Morgan fingerprint density at radius 1 is 1.00 bits per heavy atom. The maximum absolute atomic E-state index is 12.7. The molecule has 0 fully saturated rings. The van der Waals surface area contributed by atoms with Gasteiger partial charge >= 0.3 is 0 Å². The SMILES string of the molecule is COc1ccc(S(=O)(=O)NCCc2ccc(C(C)(C)NCCCn3ccnc3)cc2)cc1OC. The molecule has 0 saturated heterocycles. The Bertz CT molecular complexity index is 1140. The van der Waals surface area contributed by atoms with E-state index in [1.165, 1.54) is 31.9 Å². The van der Waals surface area contributed by atoms with Crippen LogP contribution in [0.15, 0.2) is 66.1 Å². The third-order valence-corrected chi connectivity index (χ3v) is 7.22. The summed E-state index contributed by atoms with van der Waals surface area (Å²) in [6, 6.07) is 12.8. The lowest BCUT2D eigenvalue weighted by atomic mass is 9.93. The van der Waals surface area contributed by atoms with Crippen LogP contribution < -0.4 is 19.5 Å². The van der Waals surface area contributed by atoms with Gasteiger partial charge in [0.25, 0.3) is 0 Å². The van der Waals surface area contributed by atoms with Crippen LogP contribution in [-0.2, 0) is 28.5 Å². The van der Waals surface area contributed by atoms with E-state index in [0.717, 1.165) is 25.1 Å². The number of nitrogens with one attached hydrogen (secondary N) is 2. The zero-order valence-corrected chi connectivity index (χ0v) is 21.1. The van der Waals surface area contributed by atoms with Crippen LogP contribution in [-0.4, -0.2) is 45.3 Å². The predicted molar refractivity (Wildman–Crippen MR) is 133 cm³/mol. The smallest absolute Gasteiger partial charge is 0.240 e. The molecule has 0 atom stereocenters. The van der Waals surface area contributed by atoms with Gasteiger partial charge in [-0.15, -0.1) is 0 Å². The van der Waals surface area contributed by atoms with E-state index >= 15 is 0 Å². The molecule has 0 saturated carbocycles. The van der Waals surface area contributed by atoms with E-state index in [1.807, 2.05) is 12.5 Å². The number of aromatic nitrogens is 2. The number of hydrogen-bond donors (Lipinski definition) is 2. The van der Waals surface area contributed by atoms with E-state index in [0.29, 0.717) is 24.5 Å². The summed E-state index contributed by atoms with van der Waals surface area (Å²) in [7, 11) is -0.664. The largest absolute Gasteiger partial charge is 0.493 e. The van der Waals surface area contributed by atoms with Crippen LogP contribution in [0.1, 0.15) is 31.4 Å². The zero-order valence-electron chi connectivity index (χ0n) is 20.2. The second-order valence-corrected chi connectivity index (χ2v) is 10.3. The molecule has 0 spiro atoms. The van der Waals surface area contributed by atoms with Crippen molar-refractivity contribution in [1.82, 2.24) is 19.6 Å². The summed E-state index contributed by atoms with van der Waals surface area (Å²) in [6.45, 7) is 6.45. The quantitative estimate of drug-likeness (QED) is 0.360. The highest BCUT2D eigenvalue weighted by molar-refractivity contribution is 7.89. The van der Waals surface area contributed by atoms with Crippen LogP contribution >= 0.6 is 0 Å². The number of imidazole rings is 1. The lowest BCUT2D eigenvalue weighted by Gasteiger charge is -2.27. The molecule has 0 aliphatic carbocycles. The lowest BCUT2D eigenvalue weighted by Crippen LogP contribution is -2.37. The van der Waals surface area contributed by atoms with E-state index in [-0.39, 0.29) is 10.4 Å². The van der Waals surface area contributed by atoms with Crippen LogP contribution in [0.3, 0.4) is 0 Å². The monoisotopic (exact) mass is 486 g/mol. The second kappa shape index (κ2) is 11.5. The van der Waals surface area contributed by atoms with Gasteiger partial charge in [-0.25, -0.2) is 18.1 Å². The number of ether oxygens (including phenoxy) is 2. The minimum Gasteiger partial charge on any atom is -0.493 e. The van der Waals surface area contributed by atoms with Gasteiger partial charge in [0, 0.05) is 37.1 Å². The van der Waals surface area contributed by atoms with E-state index < -0.39 is 10.0 Å². The van der Waals surface area contributed by atoms with E-state index in [9.17, 15) is 8.42 Å². The summed E-state index contributed by atoms with van der Waals surface area (Å²) in [5.41, 5.74) is 2.09. The number of methoxy groups -OCH3 is 2. The average Bonchev–Trinajstić information content (AvgIpc) is 3.35. The second-order valence-electron chi connectivity index (χ2n) is 8.57. The molecule has 3 aromatic rings. The first kappa shape index (κ1) is 25.7. The Balaban J connectivity index is 1.50. The van der Waals surface area contributed by atoms with E-state index in [2.05, 4.69) is 57.7 Å². The molecule has 2 N–H and O–H groups in total. The number of benzene rings is 2. The third kappa shape index (κ3) is 6.82. The molecule has 0 bridgehead atoms. The van der Waals surface area contributed by atoms with Crippen molar-refractivity contribution in [3.05, 3.63) is 72.3 Å². The fourth-order valence-electron chi connectivity index (χ4n) is 3.67. The molecule has 0 aliphatic rings. The first-order valence-electron chi connectivity index (χ1n) is 11.3. The molecule has 1 aromatic heterocycles. The predicted octanol–water partition coefficient (Wildman–Crippen LogP) is 3.34. The summed E-state index contributed by atoms with van der Waals surface area (Å²) in [6.07, 6.45) is 7.19. The lowest BCUT2D eigenvalue weighted by molar-refractivity contribution is 0.354. The van der Waals surface area contributed by atoms with Gasteiger partial charge in [-0.05, 0) is 56.5 Å². The first-order valence-corrected chi connectivity index (χ1v) is 12.8. The highest BCUT2D eigenvalue weighted by atomic mass is 32.2. The van der Waals surface area contributed by atoms with Gasteiger partial charge < -0.3 is 19.4 Å². The van der Waals surface area contributed by atoms with Gasteiger partial charge in [0.1, 0.15) is 0 Å². The van der Waals surface area contributed by atoms with Crippen molar-refractivity contribution in [3.8, 4) is 11.5 Å². The van der Waals surface area contributed by atoms with Gasteiger partial charge in [-0.3, -0.25) is 0 Å². The van der Waals surface area contributed by atoms with Crippen molar-refractivity contribution >= 4 is 10.0 Å². The summed E-state index contributed by atoms with van der Waals surface area (Å²) in [5, 5.41) is 3.61. The van der Waals surface area contributed by atoms with Gasteiger partial charge in [0.15, 0.2) is 11.5 Å². The molecule has 8 nitrogen and oxygen atoms in total. The third-order valence-electron chi connectivity index (χ3n) is 5.77. The Kier molecular flexibility index (Phi) is 8.71. The van der Waals surface area contributed by atoms with Crippen molar-refractivity contribution < 1.29 is 17.9 Å². The van der Waals surface area contributed by atoms with Crippen LogP contribution in [0.2, 0.25) is 0 Å². The van der Waals surface area contributed by atoms with E-state index in [1.54, 1.807) is 12.3 Å². The molecule has 0 radical (unpaired) electrons. The Hall–Kier alpha value is -2.88.